The number of amides is 4. The Labute approximate surface area is 252 Å². The zero-order valence-corrected chi connectivity index (χ0v) is 24.3. The maximum Gasteiger partial charge on any atom is 0.412 e. The number of halogens is 3. The predicted molar refractivity (Wildman–Crippen MR) is 154 cm³/mol. The van der Waals surface area contributed by atoms with Gasteiger partial charge >= 0.3 is 12.2 Å². The van der Waals surface area contributed by atoms with Crippen LogP contribution in [-0.4, -0.2) is 61.1 Å². The predicted octanol–water partition coefficient (Wildman–Crippen LogP) is 5.91. The summed E-state index contributed by atoms with van der Waals surface area (Å²) in [7, 11) is 1.23. The molecule has 43 heavy (non-hydrogen) atoms. The Morgan fingerprint density at radius 2 is 1.86 bits per heavy atom. The van der Waals surface area contributed by atoms with Crippen molar-refractivity contribution in [1.82, 2.24) is 10.2 Å². The summed E-state index contributed by atoms with van der Waals surface area (Å²) < 4.78 is 38.1. The molecule has 3 N–H and O–H groups in total. The average molecular weight is 619 g/mol. The average Bonchev–Trinajstić information content (AvgIpc) is 2.98. The fourth-order valence-electron chi connectivity index (χ4n) is 6.11. The molecule has 2 aromatic carbocycles. The lowest BCUT2D eigenvalue weighted by Crippen LogP contribution is -2.57. The summed E-state index contributed by atoms with van der Waals surface area (Å²) in [4.78, 5) is 52.9. The van der Waals surface area contributed by atoms with E-state index in [2.05, 4.69) is 20.7 Å². The first-order valence-corrected chi connectivity index (χ1v) is 14.6. The zero-order chi connectivity index (χ0) is 30.8. The number of nitrogens with one attached hydrogen (secondary N) is 3. The molecule has 3 aliphatic rings. The molecule has 1 saturated heterocycles. The quantitative estimate of drug-likeness (QED) is 0.369. The van der Waals surface area contributed by atoms with Gasteiger partial charge in [0, 0.05) is 41.2 Å². The van der Waals surface area contributed by atoms with Crippen LogP contribution in [0.1, 0.15) is 60.9 Å². The van der Waals surface area contributed by atoms with Crippen LogP contribution in [0.4, 0.5) is 29.7 Å². The van der Waals surface area contributed by atoms with Crippen molar-refractivity contribution in [2.45, 2.75) is 62.5 Å². The summed E-state index contributed by atoms with van der Waals surface area (Å²) in [5, 5.41) is 8.46. The molecule has 1 spiro atoms. The van der Waals surface area contributed by atoms with E-state index in [1.165, 1.54) is 31.4 Å². The monoisotopic (exact) mass is 618 g/mol. The Kier molecular flexibility index (Phi) is 8.77. The van der Waals surface area contributed by atoms with Gasteiger partial charge in [-0.15, -0.1) is 0 Å². The smallest absolute Gasteiger partial charge is 0.412 e. The highest BCUT2D eigenvalue weighted by Gasteiger charge is 2.47. The fourth-order valence-corrected chi connectivity index (χ4v) is 6.28. The molecule has 10 nitrogen and oxygen atoms in total. The van der Waals surface area contributed by atoms with Gasteiger partial charge in [-0.2, -0.15) is 0 Å². The number of carbonyl (C=O) groups excluding carboxylic acids is 4. The normalized spacial score (nSPS) is 22.0. The number of hydrogen-bond donors (Lipinski definition) is 3. The lowest BCUT2D eigenvalue weighted by Gasteiger charge is -2.46. The number of hydrogen-bond acceptors (Lipinski definition) is 6. The van der Waals surface area contributed by atoms with E-state index in [4.69, 9.17) is 16.3 Å². The fraction of sp³-hybridized carbons (Fsp3) is 0.467. The number of rotatable bonds is 6. The third-order valence-electron chi connectivity index (χ3n) is 8.35. The van der Waals surface area contributed by atoms with Gasteiger partial charge in [-0.3, -0.25) is 20.2 Å². The first-order chi connectivity index (χ1) is 20.5. The van der Waals surface area contributed by atoms with Gasteiger partial charge in [0.15, 0.2) is 5.60 Å². The summed E-state index contributed by atoms with van der Waals surface area (Å²) in [6, 6.07) is 10.1. The summed E-state index contributed by atoms with van der Waals surface area (Å²) in [5.74, 6) is -3.82. The topological polar surface area (TPSA) is 126 Å². The maximum absolute atomic E-state index is 14.1. The number of ether oxygens (including phenoxy) is 2. The zero-order valence-electron chi connectivity index (χ0n) is 23.6. The molecule has 0 unspecified atom stereocenters. The highest BCUT2D eigenvalue weighted by molar-refractivity contribution is 6.30. The molecule has 0 radical (unpaired) electrons. The van der Waals surface area contributed by atoms with Crippen molar-refractivity contribution in [2.75, 3.05) is 30.8 Å². The highest BCUT2D eigenvalue weighted by atomic mass is 35.5. The van der Waals surface area contributed by atoms with E-state index in [0.29, 0.717) is 41.3 Å². The van der Waals surface area contributed by atoms with Crippen LogP contribution >= 0.6 is 11.6 Å². The number of piperidine rings is 1. The van der Waals surface area contributed by atoms with Crippen LogP contribution in [0.25, 0.3) is 0 Å². The third kappa shape index (κ3) is 7.01. The Balaban J connectivity index is 1.36. The van der Waals surface area contributed by atoms with E-state index in [9.17, 15) is 28.0 Å². The third-order valence-corrected chi connectivity index (χ3v) is 8.59. The van der Waals surface area contributed by atoms with Crippen LogP contribution in [0, 0.1) is 5.92 Å². The largest absolute Gasteiger partial charge is 0.453 e. The molecule has 2 atom stereocenters. The van der Waals surface area contributed by atoms with Crippen LogP contribution in [0.2, 0.25) is 5.02 Å². The number of benzene rings is 2. The molecule has 2 aliphatic heterocycles. The van der Waals surface area contributed by atoms with Crippen molar-refractivity contribution in [3.05, 3.63) is 58.6 Å². The number of fused-ring (bicyclic) bond motifs is 2. The molecule has 5 rings (SSSR count). The summed E-state index contributed by atoms with van der Waals surface area (Å²) in [6.07, 6.45) is -0.182. The van der Waals surface area contributed by atoms with Gasteiger partial charge in [-0.05, 0) is 80.5 Å². The lowest BCUT2D eigenvalue weighted by atomic mass is 9.81. The van der Waals surface area contributed by atoms with Gasteiger partial charge in [0.05, 0.1) is 19.3 Å². The van der Waals surface area contributed by atoms with E-state index in [-0.39, 0.29) is 56.0 Å². The van der Waals surface area contributed by atoms with Crippen molar-refractivity contribution in [3.63, 3.8) is 0 Å². The Bertz CT molecular complexity index is 1400. The molecule has 1 saturated carbocycles. The van der Waals surface area contributed by atoms with Crippen molar-refractivity contribution in [1.29, 1.82) is 0 Å². The Hall–Kier alpha value is -3.93. The van der Waals surface area contributed by atoms with E-state index in [0.717, 1.165) is 0 Å². The first kappa shape index (κ1) is 30.5. The minimum Gasteiger partial charge on any atom is -0.453 e. The molecule has 4 amide bonds. The van der Waals surface area contributed by atoms with Gasteiger partial charge in [0.25, 0.3) is 5.91 Å². The van der Waals surface area contributed by atoms with E-state index >= 15 is 0 Å². The van der Waals surface area contributed by atoms with Gasteiger partial charge < -0.3 is 19.7 Å². The molecule has 0 bridgehead atoms. The number of likely N-dealkylation sites (tertiary alicyclic amines) is 1. The van der Waals surface area contributed by atoms with Gasteiger partial charge in [0.1, 0.15) is 6.04 Å². The van der Waals surface area contributed by atoms with Crippen molar-refractivity contribution in [2.24, 2.45) is 5.92 Å². The molecule has 2 fully saturated rings. The Morgan fingerprint density at radius 3 is 2.56 bits per heavy atom. The number of alkyl halides is 2. The Morgan fingerprint density at radius 1 is 1.14 bits per heavy atom. The van der Waals surface area contributed by atoms with E-state index < -0.39 is 35.7 Å². The van der Waals surface area contributed by atoms with Crippen LogP contribution in [0.5, 0.6) is 0 Å². The van der Waals surface area contributed by atoms with E-state index in [1.54, 1.807) is 23.1 Å². The maximum atomic E-state index is 14.1. The minimum atomic E-state index is -2.73. The molecular weight excluding hydrogens is 586 g/mol. The molecule has 13 heteroatoms. The van der Waals surface area contributed by atoms with Crippen molar-refractivity contribution < 1.29 is 37.4 Å². The number of methoxy groups -OCH3 is 1. The summed E-state index contributed by atoms with van der Waals surface area (Å²) >= 11 is 6.27. The van der Waals surface area contributed by atoms with Crippen LogP contribution in [0.15, 0.2) is 42.5 Å². The SMILES string of the molecule is COC(=O)Nc1ccc(C(=O)N[C@@H](CC2CCC(F)(F)CC2)C(=O)N2CCC[C@@]3(C2)OC(=O)Nc2ccc(Cl)cc23)cc1. The number of anilines is 2. The van der Waals surface area contributed by atoms with Crippen LogP contribution in [-0.2, 0) is 19.9 Å². The molecule has 230 valence electrons. The van der Waals surface area contributed by atoms with Gasteiger partial charge in [0.2, 0.25) is 11.8 Å². The molecule has 2 heterocycles. The lowest BCUT2D eigenvalue weighted by molar-refractivity contribution is -0.141. The number of nitrogens with zero attached hydrogens (tertiary/aromatic N) is 1. The van der Waals surface area contributed by atoms with Gasteiger partial charge in [-0.25, -0.2) is 18.4 Å². The molecule has 2 aromatic rings. The second-order valence-electron chi connectivity index (χ2n) is 11.3. The molecule has 1 aliphatic carbocycles. The van der Waals surface area contributed by atoms with Crippen molar-refractivity contribution >= 4 is 47.0 Å². The highest BCUT2D eigenvalue weighted by Crippen LogP contribution is 2.44. The standard InChI is InChI=1S/C30H33ClF2N4O6/c1-42-27(40)34-21-6-3-19(4-7-21)25(38)35-24(15-18-9-12-30(32,33)13-10-18)26(39)37-14-2-11-29(17-37)22-16-20(31)5-8-23(22)36-28(41)43-29/h3-8,16,18,24H,2,9-15,17H2,1H3,(H,34,40)(H,35,38)(H,36,41)/t24-,29-/m0/s1. The van der Waals surface area contributed by atoms with Gasteiger partial charge in [-0.1, -0.05) is 11.6 Å². The minimum absolute atomic E-state index is 0.0512. The van der Waals surface area contributed by atoms with Crippen LogP contribution in [0.3, 0.4) is 0 Å². The first-order valence-electron chi connectivity index (χ1n) is 14.2. The van der Waals surface area contributed by atoms with Crippen LogP contribution < -0.4 is 16.0 Å². The summed E-state index contributed by atoms with van der Waals surface area (Å²) in [6.45, 7) is 0.417. The molecule has 0 aromatic heterocycles. The second kappa shape index (κ2) is 12.4. The van der Waals surface area contributed by atoms with E-state index in [1.807, 2.05) is 0 Å². The summed E-state index contributed by atoms with van der Waals surface area (Å²) in [5.41, 5.74) is 0.741. The molecular formula is C30H33ClF2N4O6. The number of carbonyl (C=O) groups is 4. The van der Waals surface area contributed by atoms with Crippen molar-refractivity contribution in [3.8, 4) is 0 Å². The second-order valence-corrected chi connectivity index (χ2v) is 11.8.